The van der Waals surface area contributed by atoms with E-state index >= 15 is 0 Å². The van der Waals surface area contributed by atoms with Gasteiger partial charge >= 0.3 is 0 Å². The Morgan fingerprint density at radius 1 is 1.25 bits per heavy atom. The van der Waals surface area contributed by atoms with E-state index in [1.807, 2.05) is 13.8 Å². The molecule has 1 saturated heterocycles. The van der Waals surface area contributed by atoms with Gasteiger partial charge in [0.15, 0.2) is 16.1 Å². The van der Waals surface area contributed by atoms with Crippen molar-refractivity contribution in [2.24, 2.45) is 5.92 Å². The third-order valence-electron chi connectivity index (χ3n) is 4.45. The van der Waals surface area contributed by atoms with E-state index in [1.54, 1.807) is 18.2 Å². The average molecular weight is 413 g/mol. The molecule has 1 fully saturated rings. The van der Waals surface area contributed by atoms with Crippen molar-refractivity contribution in [2.75, 3.05) is 12.4 Å². The molecule has 9 heteroatoms. The third kappa shape index (κ3) is 6.57. The SMILES string of the molecule is CC(C)C[C@H](NC(=O)CCS(=O)(=O)c1ccccc1)C(=O)N[C@H]1CCOC1O. The Hall–Kier alpha value is -1.97. The molecule has 2 rings (SSSR count). The van der Waals surface area contributed by atoms with Crippen LogP contribution in [0.25, 0.3) is 0 Å². The minimum Gasteiger partial charge on any atom is -0.366 e. The molecule has 8 nitrogen and oxygen atoms in total. The fourth-order valence-corrected chi connectivity index (χ4v) is 4.21. The Morgan fingerprint density at radius 2 is 1.93 bits per heavy atom. The summed E-state index contributed by atoms with van der Waals surface area (Å²) in [6.07, 6.45) is -0.415. The number of rotatable bonds is 9. The summed E-state index contributed by atoms with van der Waals surface area (Å²) in [7, 11) is -3.57. The zero-order valence-electron chi connectivity index (χ0n) is 16.1. The zero-order valence-corrected chi connectivity index (χ0v) is 16.9. The van der Waals surface area contributed by atoms with E-state index in [-0.39, 0.29) is 23.0 Å². The predicted molar refractivity (Wildman–Crippen MR) is 103 cm³/mol. The van der Waals surface area contributed by atoms with E-state index in [9.17, 15) is 23.1 Å². The van der Waals surface area contributed by atoms with Crippen LogP contribution in [0.15, 0.2) is 35.2 Å². The molecular formula is C19H28N2O6S. The lowest BCUT2D eigenvalue weighted by molar-refractivity contribution is -0.131. The standard InChI is InChI=1S/C19H28N2O6S/c1-13(2)12-16(18(23)21-15-8-10-27-19(15)24)20-17(22)9-11-28(25,26)14-6-4-3-5-7-14/h3-7,13,15-16,19,24H,8-12H2,1-2H3,(H,20,22)(H,21,23)/t15-,16-,19?/m0/s1. The molecule has 0 aliphatic carbocycles. The van der Waals surface area contributed by atoms with Gasteiger partial charge in [-0.2, -0.15) is 0 Å². The third-order valence-corrected chi connectivity index (χ3v) is 6.18. The number of aliphatic hydroxyl groups excluding tert-OH is 1. The van der Waals surface area contributed by atoms with Crippen molar-refractivity contribution in [3.8, 4) is 0 Å². The van der Waals surface area contributed by atoms with Crippen LogP contribution in [-0.2, 0) is 24.2 Å². The molecule has 1 heterocycles. The monoisotopic (exact) mass is 412 g/mol. The number of benzene rings is 1. The lowest BCUT2D eigenvalue weighted by Crippen LogP contribution is -2.52. The second-order valence-electron chi connectivity index (χ2n) is 7.30. The van der Waals surface area contributed by atoms with Crippen LogP contribution in [0.1, 0.15) is 33.1 Å². The molecule has 0 spiro atoms. The molecule has 2 amide bonds. The fourth-order valence-electron chi connectivity index (χ4n) is 2.94. The topological polar surface area (TPSA) is 122 Å². The molecule has 156 valence electrons. The Kier molecular flexibility index (Phi) is 7.97. The van der Waals surface area contributed by atoms with Gasteiger partial charge in [0.1, 0.15) is 6.04 Å². The van der Waals surface area contributed by atoms with E-state index in [2.05, 4.69) is 10.6 Å². The van der Waals surface area contributed by atoms with Gasteiger partial charge in [-0.05, 0) is 30.9 Å². The highest BCUT2D eigenvalue weighted by Gasteiger charge is 2.31. The summed E-state index contributed by atoms with van der Waals surface area (Å²) in [5.41, 5.74) is 0. The summed E-state index contributed by atoms with van der Waals surface area (Å²) in [4.78, 5) is 25.0. The molecular weight excluding hydrogens is 384 g/mol. The normalized spacial score (nSPS) is 20.7. The van der Waals surface area contributed by atoms with E-state index < -0.39 is 40.0 Å². The number of carbonyl (C=O) groups is 2. The van der Waals surface area contributed by atoms with Gasteiger partial charge in [-0.1, -0.05) is 32.0 Å². The van der Waals surface area contributed by atoms with Crippen molar-refractivity contribution in [1.82, 2.24) is 10.6 Å². The van der Waals surface area contributed by atoms with Crippen LogP contribution in [-0.4, -0.2) is 56.1 Å². The molecule has 1 aromatic rings. The number of hydrogen-bond donors (Lipinski definition) is 3. The van der Waals surface area contributed by atoms with Gasteiger partial charge in [-0.3, -0.25) is 9.59 Å². The first kappa shape index (κ1) is 22.3. The van der Waals surface area contributed by atoms with Gasteiger partial charge in [0.05, 0.1) is 23.3 Å². The summed E-state index contributed by atoms with van der Waals surface area (Å²) in [6.45, 7) is 4.18. The van der Waals surface area contributed by atoms with Crippen molar-refractivity contribution >= 4 is 21.7 Å². The molecule has 1 aliphatic rings. The molecule has 28 heavy (non-hydrogen) atoms. The van der Waals surface area contributed by atoms with Crippen LogP contribution in [0.3, 0.4) is 0 Å². The molecule has 0 radical (unpaired) electrons. The lowest BCUT2D eigenvalue weighted by Gasteiger charge is -2.23. The van der Waals surface area contributed by atoms with Gasteiger partial charge in [0.2, 0.25) is 11.8 Å². The zero-order chi connectivity index (χ0) is 20.7. The van der Waals surface area contributed by atoms with Crippen LogP contribution in [0.4, 0.5) is 0 Å². The number of ether oxygens (including phenoxy) is 1. The van der Waals surface area contributed by atoms with Crippen molar-refractivity contribution < 1.29 is 27.9 Å². The molecule has 0 bridgehead atoms. The van der Waals surface area contributed by atoms with E-state index in [0.717, 1.165) is 0 Å². The summed E-state index contributed by atoms with van der Waals surface area (Å²) in [5.74, 6) is -1.13. The van der Waals surface area contributed by atoms with E-state index in [0.29, 0.717) is 19.4 Å². The minimum atomic E-state index is -3.57. The van der Waals surface area contributed by atoms with Crippen LogP contribution in [0, 0.1) is 5.92 Å². The lowest BCUT2D eigenvalue weighted by atomic mass is 10.0. The van der Waals surface area contributed by atoms with Crippen LogP contribution in [0.5, 0.6) is 0 Å². The molecule has 1 aliphatic heterocycles. The number of carbonyl (C=O) groups excluding carboxylic acids is 2. The summed E-state index contributed by atoms with van der Waals surface area (Å²) in [6, 6.07) is 6.60. The minimum absolute atomic E-state index is 0.133. The molecule has 1 unspecified atom stereocenters. The quantitative estimate of drug-likeness (QED) is 0.546. The van der Waals surface area contributed by atoms with Crippen LogP contribution in [0.2, 0.25) is 0 Å². The van der Waals surface area contributed by atoms with Crippen LogP contribution >= 0.6 is 0 Å². The highest BCUT2D eigenvalue weighted by molar-refractivity contribution is 7.91. The van der Waals surface area contributed by atoms with Crippen molar-refractivity contribution in [2.45, 2.75) is 56.4 Å². The Labute approximate surface area is 165 Å². The second kappa shape index (κ2) is 9.99. The van der Waals surface area contributed by atoms with Crippen molar-refractivity contribution in [3.63, 3.8) is 0 Å². The Balaban J connectivity index is 1.93. The van der Waals surface area contributed by atoms with E-state index in [4.69, 9.17) is 4.74 Å². The predicted octanol–water partition coefficient (Wildman–Crippen LogP) is 0.605. The smallest absolute Gasteiger partial charge is 0.242 e. The van der Waals surface area contributed by atoms with Gasteiger partial charge in [-0.25, -0.2) is 8.42 Å². The molecule has 1 aromatic carbocycles. The average Bonchev–Trinajstić information content (AvgIpc) is 3.04. The van der Waals surface area contributed by atoms with Gasteiger partial charge in [0, 0.05) is 6.42 Å². The van der Waals surface area contributed by atoms with Crippen molar-refractivity contribution in [1.29, 1.82) is 0 Å². The largest absolute Gasteiger partial charge is 0.366 e. The molecule has 0 saturated carbocycles. The van der Waals surface area contributed by atoms with E-state index in [1.165, 1.54) is 12.1 Å². The fraction of sp³-hybridized carbons (Fsp3) is 0.579. The second-order valence-corrected chi connectivity index (χ2v) is 9.41. The molecule has 3 N–H and O–H groups in total. The van der Waals surface area contributed by atoms with Gasteiger partial charge in [-0.15, -0.1) is 0 Å². The summed E-state index contributed by atoms with van der Waals surface area (Å²) in [5, 5.41) is 15.0. The maximum Gasteiger partial charge on any atom is 0.242 e. The number of aliphatic hydroxyl groups is 1. The first-order chi connectivity index (χ1) is 13.2. The van der Waals surface area contributed by atoms with Crippen molar-refractivity contribution in [3.05, 3.63) is 30.3 Å². The maximum absolute atomic E-state index is 12.5. The highest BCUT2D eigenvalue weighted by Crippen LogP contribution is 2.13. The Bertz CT molecular complexity index is 766. The Morgan fingerprint density at radius 3 is 2.50 bits per heavy atom. The van der Waals surface area contributed by atoms with Gasteiger partial charge < -0.3 is 20.5 Å². The first-order valence-corrected chi connectivity index (χ1v) is 11.0. The number of amides is 2. The summed E-state index contributed by atoms with van der Waals surface area (Å²) >= 11 is 0. The van der Waals surface area contributed by atoms with Crippen LogP contribution < -0.4 is 10.6 Å². The number of hydrogen-bond acceptors (Lipinski definition) is 6. The molecule has 0 aromatic heterocycles. The van der Waals surface area contributed by atoms with Gasteiger partial charge in [0.25, 0.3) is 0 Å². The molecule has 3 atom stereocenters. The maximum atomic E-state index is 12.5. The summed E-state index contributed by atoms with van der Waals surface area (Å²) < 4.78 is 29.6. The number of sulfone groups is 1. The number of nitrogens with one attached hydrogen (secondary N) is 2. The first-order valence-electron chi connectivity index (χ1n) is 9.36. The highest BCUT2D eigenvalue weighted by atomic mass is 32.2.